The van der Waals surface area contributed by atoms with Gasteiger partial charge in [0, 0.05) is 6.20 Å². The predicted molar refractivity (Wildman–Crippen MR) is 66.2 cm³/mol. The van der Waals surface area contributed by atoms with Crippen LogP contribution in [0.15, 0.2) is 41.1 Å². The first kappa shape index (κ1) is 12.8. The Morgan fingerprint density at radius 1 is 1.11 bits per heavy atom. The molecule has 2 aromatic rings. The highest BCUT2D eigenvalue weighted by Crippen LogP contribution is 2.25. The topological polar surface area (TPSA) is 30.0 Å². The fourth-order valence-electron chi connectivity index (χ4n) is 1.67. The first-order valence-corrected chi connectivity index (χ1v) is 5.93. The van der Waals surface area contributed by atoms with Gasteiger partial charge in [0.05, 0.1) is 5.92 Å². The van der Waals surface area contributed by atoms with Crippen LogP contribution >= 0.6 is 15.9 Å². The molecule has 0 spiro atoms. The summed E-state index contributed by atoms with van der Waals surface area (Å²) in [6.45, 7) is 0. The Labute approximate surface area is 111 Å². The van der Waals surface area contributed by atoms with Crippen molar-refractivity contribution in [3.8, 4) is 0 Å². The Morgan fingerprint density at radius 3 is 2.44 bits per heavy atom. The molecule has 0 amide bonds. The molecule has 1 aromatic carbocycles. The second-order valence-electron chi connectivity index (χ2n) is 3.70. The van der Waals surface area contributed by atoms with E-state index in [4.69, 9.17) is 0 Å². The molecule has 2 rings (SSSR count). The van der Waals surface area contributed by atoms with E-state index >= 15 is 0 Å². The van der Waals surface area contributed by atoms with E-state index in [1.807, 2.05) is 0 Å². The summed E-state index contributed by atoms with van der Waals surface area (Å²) in [7, 11) is 0. The Bertz CT molecular complexity index is 589. The third-order valence-corrected chi connectivity index (χ3v) is 2.98. The molecule has 1 unspecified atom stereocenters. The summed E-state index contributed by atoms with van der Waals surface area (Å²) < 4.78 is 26.6. The van der Waals surface area contributed by atoms with Gasteiger partial charge in [0.2, 0.25) is 0 Å². The highest BCUT2D eigenvalue weighted by atomic mass is 79.9. The van der Waals surface area contributed by atoms with Gasteiger partial charge in [0.15, 0.2) is 11.6 Å². The monoisotopic (exact) mass is 311 g/mol. The lowest BCUT2D eigenvalue weighted by Gasteiger charge is -2.11. The second-order valence-corrected chi connectivity index (χ2v) is 4.51. The van der Waals surface area contributed by atoms with E-state index in [1.54, 1.807) is 12.1 Å². The molecule has 2 nitrogen and oxygen atoms in total. The first-order chi connectivity index (χ1) is 8.61. The molecule has 0 radical (unpaired) electrons. The van der Waals surface area contributed by atoms with Crippen LogP contribution in [0, 0.1) is 11.6 Å². The van der Waals surface area contributed by atoms with Crippen molar-refractivity contribution in [3.05, 3.63) is 63.9 Å². The van der Waals surface area contributed by atoms with E-state index < -0.39 is 17.6 Å². The third-order valence-electron chi connectivity index (χ3n) is 2.55. The van der Waals surface area contributed by atoms with E-state index in [1.165, 1.54) is 12.3 Å². The third kappa shape index (κ3) is 2.61. The normalized spacial score (nSPS) is 12.2. The zero-order chi connectivity index (χ0) is 13.1. The molecule has 92 valence electrons. The number of nitrogens with zero attached hydrogens (tertiary/aromatic N) is 1. The maximum Gasteiger partial charge on any atom is 0.159 e. The lowest BCUT2D eigenvalue weighted by atomic mass is 9.93. The second kappa shape index (κ2) is 5.35. The minimum atomic E-state index is -0.965. The number of aromatic nitrogens is 1. The maximum absolute atomic E-state index is 13.2. The zero-order valence-electron chi connectivity index (χ0n) is 9.11. The van der Waals surface area contributed by atoms with E-state index in [-0.39, 0.29) is 0 Å². The van der Waals surface area contributed by atoms with Gasteiger partial charge < -0.3 is 4.79 Å². The van der Waals surface area contributed by atoms with Crippen molar-refractivity contribution in [1.29, 1.82) is 0 Å². The molecule has 0 aliphatic rings. The molecule has 0 bridgehead atoms. The summed E-state index contributed by atoms with van der Waals surface area (Å²) in [5, 5.41) is 0. The van der Waals surface area contributed by atoms with Crippen LogP contribution in [-0.4, -0.2) is 11.3 Å². The number of rotatable bonds is 3. The molecule has 0 N–H and O–H groups in total. The maximum atomic E-state index is 13.2. The molecule has 5 heteroatoms. The first-order valence-electron chi connectivity index (χ1n) is 5.13. The van der Waals surface area contributed by atoms with Gasteiger partial charge >= 0.3 is 0 Å². The zero-order valence-corrected chi connectivity index (χ0v) is 10.7. The van der Waals surface area contributed by atoms with Gasteiger partial charge in [-0.15, -0.1) is 0 Å². The van der Waals surface area contributed by atoms with Crippen LogP contribution < -0.4 is 0 Å². The number of benzene rings is 1. The molecule has 0 saturated heterocycles. The van der Waals surface area contributed by atoms with Crippen LogP contribution in [0.1, 0.15) is 17.0 Å². The number of carbonyl (C=O) groups is 1. The SMILES string of the molecule is O=CC(c1ccnc(Br)c1)c1ccc(F)c(F)c1. The smallest absolute Gasteiger partial charge is 0.159 e. The van der Waals surface area contributed by atoms with Crippen LogP contribution in [0.3, 0.4) is 0 Å². The van der Waals surface area contributed by atoms with Crippen molar-refractivity contribution >= 4 is 22.2 Å². The number of pyridine rings is 1. The van der Waals surface area contributed by atoms with Crippen molar-refractivity contribution in [3.63, 3.8) is 0 Å². The van der Waals surface area contributed by atoms with Gasteiger partial charge in [0.1, 0.15) is 10.9 Å². The Kier molecular flexibility index (Phi) is 3.81. The van der Waals surface area contributed by atoms with E-state index in [0.29, 0.717) is 22.0 Å². The van der Waals surface area contributed by atoms with Crippen LogP contribution in [-0.2, 0) is 4.79 Å². The summed E-state index contributed by atoms with van der Waals surface area (Å²) in [5.74, 6) is -2.54. The molecule has 0 fully saturated rings. The number of carbonyl (C=O) groups excluding carboxylic acids is 1. The largest absolute Gasteiger partial charge is 0.302 e. The van der Waals surface area contributed by atoms with Gasteiger partial charge in [-0.25, -0.2) is 13.8 Å². The van der Waals surface area contributed by atoms with Gasteiger partial charge in [-0.05, 0) is 51.3 Å². The summed E-state index contributed by atoms with van der Waals surface area (Å²) in [5.41, 5.74) is 1.07. The Hall–Kier alpha value is -1.62. The average molecular weight is 312 g/mol. The van der Waals surface area contributed by atoms with Crippen LogP contribution in [0.5, 0.6) is 0 Å². The minimum absolute atomic E-state index is 0.405. The Morgan fingerprint density at radius 2 is 1.83 bits per heavy atom. The van der Waals surface area contributed by atoms with E-state index in [2.05, 4.69) is 20.9 Å². The average Bonchev–Trinajstić information content (AvgIpc) is 2.35. The molecule has 0 saturated carbocycles. The van der Waals surface area contributed by atoms with Crippen molar-refractivity contribution in [2.45, 2.75) is 5.92 Å². The van der Waals surface area contributed by atoms with Crippen LogP contribution in [0.4, 0.5) is 8.78 Å². The molecule has 18 heavy (non-hydrogen) atoms. The highest BCUT2D eigenvalue weighted by Gasteiger charge is 2.15. The summed E-state index contributed by atoms with van der Waals surface area (Å²) >= 11 is 3.20. The molecule has 0 aliphatic heterocycles. The van der Waals surface area contributed by atoms with Gasteiger partial charge in [-0.1, -0.05) is 6.07 Å². The predicted octanol–water partition coefficient (Wildman–Crippen LogP) is 3.45. The lowest BCUT2D eigenvalue weighted by molar-refractivity contribution is -0.108. The van der Waals surface area contributed by atoms with Crippen LogP contribution in [0.25, 0.3) is 0 Å². The fourth-order valence-corrected chi connectivity index (χ4v) is 2.05. The summed E-state index contributed by atoms with van der Waals surface area (Å²) in [4.78, 5) is 15.1. The van der Waals surface area contributed by atoms with Gasteiger partial charge in [0.25, 0.3) is 0 Å². The quantitative estimate of drug-likeness (QED) is 0.642. The molecular weight excluding hydrogens is 304 g/mol. The molecule has 1 atom stereocenters. The lowest BCUT2D eigenvalue weighted by Crippen LogP contribution is -2.04. The number of hydrogen-bond donors (Lipinski definition) is 0. The van der Waals surface area contributed by atoms with Crippen molar-refractivity contribution in [1.82, 2.24) is 4.98 Å². The fraction of sp³-hybridized carbons (Fsp3) is 0.0769. The Balaban J connectivity index is 2.45. The van der Waals surface area contributed by atoms with Crippen LogP contribution in [0.2, 0.25) is 0 Å². The summed E-state index contributed by atoms with van der Waals surface area (Å²) in [6.07, 6.45) is 2.23. The molecule has 0 aliphatic carbocycles. The van der Waals surface area contributed by atoms with E-state index in [9.17, 15) is 13.6 Å². The van der Waals surface area contributed by atoms with E-state index in [0.717, 1.165) is 12.1 Å². The number of aldehydes is 1. The molecule has 1 heterocycles. The minimum Gasteiger partial charge on any atom is -0.302 e. The number of hydrogen-bond acceptors (Lipinski definition) is 2. The number of halogens is 3. The highest BCUT2D eigenvalue weighted by molar-refractivity contribution is 9.10. The molecule has 1 aromatic heterocycles. The van der Waals surface area contributed by atoms with Crippen molar-refractivity contribution in [2.75, 3.05) is 0 Å². The standard InChI is InChI=1S/C13H8BrF2NO/c14-13-6-9(3-4-17-13)10(7-18)8-1-2-11(15)12(16)5-8/h1-7,10H. The van der Waals surface area contributed by atoms with Gasteiger partial charge in [-0.3, -0.25) is 0 Å². The van der Waals surface area contributed by atoms with Crippen molar-refractivity contribution < 1.29 is 13.6 Å². The molecular formula is C13H8BrF2NO. The van der Waals surface area contributed by atoms with Crippen molar-refractivity contribution in [2.24, 2.45) is 0 Å². The summed E-state index contributed by atoms with van der Waals surface area (Å²) in [6, 6.07) is 6.76. The van der Waals surface area contributed by atoms with Gasteiger partial charge in [-0.2, -0.15) is 0 Å².